The molecule has 3 saturated heterocycles. The van der Waals surface area contributed by atoms with Gasteiger partial charge in [-0.2, -0.15) is 0 Å². The van der Waals surface area contributed by atoms with E-state index in [1.54, 1.807) is 0 Å². The molecule has 2 bridgehead atoms. The zero-order valence-corrected chi connectivity index (χ0v) is 10.7. The Balaban J connectivity index is 1.78. The average Bonchev–Trinajstić information content (AvgIpc) is 3.01. The van der Waals surface area contributed by atoms with Crippen LogP contribution in [0.15, 0.2) is 0 Å². The fourth-order valence-corrected chi connectivity index (χ4v) is 3.62. The van der Waals surface area contributed by atoms with Gasteiger partial charge in [0.1, 0.15) is 0 Å². The van der Waals surface area contributed by atoms with Gasteiger partial charge >= 0.3 is 0 Å². The Morgan fingerprint density at radius 1 is 1.35 bits per heavy atom. The van der Waals surface area contributed by atoms with E-state index < -0.39 is 0 Å². The van der Waals surface area contributed by atoms with E-state index in [0.29, 0.717) is 24.2 Å². The number of carbonyl (C=O) groups excluding carboxylic acids is 1. The zero-order chi connectivity index (χ0) is 12.0. The molecule has 0 aromatic rings. The smallest absolute Gasteiger partial charge is 0.241 e. The van der Waals surface area contributed by atoms with E-state index in [-0.39, 0.29) is 12.2 Å². The van der Waals surface area contributed by atoms with Crippen molar-refractivity contribution in [3.63, 3.8) is 0 Å². The van der Waals surface area contributed by atoms with Crippen LogP contribution in [-0.4, -0.2) is 41.3 Å². The number of hydrogen-bond acceptors (Lipinski definition) is 3. The normalized spacial score (nSPS) is 44.9. The van der Waals surface area contributed by atoms with Gasteiger partial charge < -0.3 is 9.64 Å². The molecular weight excluding hydrogens is 216 g/mol. The highest BCUT2D eigenvalue weighted by molar-refractivity contribution is 5.84. The Labute approximate surface area is 103 Å². The van der Waals surface area contributed by atoms with Crippen molar-refractivity contribution in [1.29, 1.82) is 0 Å². The molecule has 4 heteroatoms. The van der Waals surface area contributed by atoms with E-state index in [0.717, 1.165) is 25.7 Å². The highest BCUT2D eigenvalue weighted by atomic mass is 16.5. The summed E-state index contributed by atoms with van der Waals surface area (Å²) in [7, 11) is 0. The standard InChI is InChI=1S/C13H22N2O2/c1-3-9-13(16)15(12(4-2)14-9)10-7-8-5-6-11(10)17-8/h8-12,14H,3-7H2,1-2H3. The van der Waals surface area contributed by atoms with Crippen LogP contribution in [0.4, 0.5) is 0 Å². The van der Waals surface area contributed by atoms with Gasteiger partial charge in [-0.25, -0.2) is 0 Å². The number of nitrogens with one attached hydrogen (secondary N) is 1. The molecular formula is C13H22N2O2. The summed E-state index contributed by atoms with van der Waals surface area (Å²) in [6, 6.07) is 0.356. The summed E-state index contributed by atoms with van der Waals surface area (Å²) in [5.74, 6) is 0.292. The summed E-state index contributed by atoms with van der Waals surface area (Å²) in [6.07, 6.45) is 6.16. The van der Waals surface area contributed by atoms with Crippen molar-refractivity contribution in [2.75, 3.05) is 0 Å². The minimum absolute atomic E-state index is 0.0269. The summed E-state index contributed by atoms with van der Waals surface area (Å²) in [6.45, 7) is 4.22. The Bertz CT molecular complexity index is 321. The monoisotopic (exact) mass is 238 g/mol. The summed E-state index contributed by atoms with van der Waals surface area (Å²) in [5.41, 5.74) is 0. The lowest BCUT2D eigenvalue weighted by atomic mass is 9.93. The predicted octanol–water partition coefficient (Wildman–Crippen LogP) is 1.25. The summed E-state index contributed by atoms with van der Waals surface area (Å²) >= 11 is 0. The van der Waals surface area contributed by atoms with E-state index in [9.17, 15) is 4.79 Å². The van der Waals surface area contributed by atoms with Gasteiger partial charge in [0.15, 0.2) is 0 Å². The minimum atomic E-state index is 0.0269. The lowest BCUT2D eigenvalue weighted by molar-refractivity contribution is -0.133. The van der Waals surface area contributed by atoms with Crippen molar-refractivity contribution in [2.45, 2.75) is 76.4 Å². The van der Waals surface area contributed by atoms with Gasteiger partial charge in [-0.1, -0.05) is 13.8 Å². The lowest BCUT2D eigenvalue weighted by Gasteiger charge is -2.33. The molecule has 3 rings (SSSR count). The Kier molecular flexibility index (Phi) is 2.87. The molecule has 3 heterocycles. The third-order valence-corrected chi connectivity index (χ3v) is 4.51. The van der Waals surface area contributed by atoms with Gasteiger partial charge in [0.25, 0.3) is 0 Å². The molecule has 0 aromatic heterocycles. The lowest BCUT2D eigenvalue weighted by Crippen LogP contribution is -2.48. The van der Waals surface area contributed by atoms with Crippen LogP contribution in [0.3, 0.4) is 0 Å². The first-order chi connectivity index (χ1) is 8.24. The molecule has 0 spiro atoms. The summed E-state index contributed by atoms with van der Waals surface area (Å²) < 4.78 is 5.89. The van der Waals surface area contributed by atoms with Gasteiger partial charge in [-0.3, -0.25) is 10.1 Å². The molecule has 17 heavy (non-hydrogen) atoms. The number of hydrogen-bond donors (Lipinski definition) is 1. The topological polar surface area (TPSA) is 41.6 Å². The van der Waals surface area contributed by atoms with Gasteiger partial charge in [-0.15, -0.1) is 0 Å². The number of nitrogens with zero attached hydrogens (tertiary/aromatic N) is 1. The molecule has 1 N–H and O–H groups in total. The van der Waals surface area contributed by atoms with Gasteiger partial charge in [0.2, 0.25) is 5.91 Å². The predicted molar refractivity (Wildman–Crippen MR) is 64.4 cm³/mol. The van der Waals surface area contributed by atoms with E-state index in [1.807, 2.05) is 0 Å². The van der Waals surface area contributed by atoms with Gasteiger partial charge in [0, 0.05) is 0 Å². The molecule has 5 unspecified atom stereocenters. The molecule has 96 valence electrons. The third kappa shape index (κ3) is 1.69. The fraction of sp³-hybridized carbons (Fsp3) is 0.923. The first-order valence-corrected chi connectivity index (χ1v) is 6.98. The Morgan fingerprint density at radius 2 is 2.18 bits per heavy atom. The van der Waals surface area contributed by atoms with Crippen molar-refractivity contribution < 1.29 is 9.53 Å². The second-order valence-electron chi connectivity index (χ2n) is 5.47. The van der Waals surface area contributed by atoms with Crippen molar-refractivity contribution in [3.8, 4) is 0 Å². The van der Waals surface area contributed by atoms with Crippen LogP contribution in [0, 0.1) is 0 Å². The fourth-order valence-electron chi connectivity index (χ4n) is 3.62. The van der Waals surface area contributed by atoms with E-state index >= 15 is 0 Å². The first-order valence-electron chi connectivity index (χ1n) is 6.98. The third-order valence-electron chi connectivity index (χ3n) is 4.51. The number of rotatable bonds is 3. The van der Waals surface area contributed by atoms with E-state index in [1.165, 1.54) is 6.42 Å². The summed E-state index contributed by atoms with van der Waals surface area (Å²) in [4.78, 5) is 14.5. The highest BCUT2D eigenvalue weighted by Crippen LogP contribution is 2.39. The van der Waals surface area contributed by atoms with Crippen molar-refractivity contribution in [2.24, 2.45) is 0 Å². The molecule has 5 atom stereocenters. The van der Waals surface area contributed by atoms with Crippen LogP contribution in [0.25, 0.3) is 0 Å². The van der Waals surface area contributed by atoms with Crippen molar-refractivity contribution >= 4 is 5.91 Å². The second-order valence-corrected chi connectivity index (χ2v) is 5.47. The van der Waals surface area contributed by atoms with Gasteiger partial charge in [-0.05, 0) is 32.1 Å². The molecule has 3 aliphatic heterocycles. The molecule has 0 aliphatic carbocycles. The molecule has 0 saturated carbocycles. The molecule has 1 amide bonds. The summed E-state index contributed by atoms with van der Waals surface area (Å²) in [5, 5.41) is 3.45. The van der Waals surface area contributed by atoms with Crippen LogP contribution in [0.2, 0.25) is 0 Å². The maximum Gasteiger partial charge on any atom is 0.241 e. The van der Waals surface area contributed by atoms with Crippen LogP contribution in [-0.2, 0) is 9.53 Å². The highest BCUT2D eigenvalue weighted by Gasteiger charge is 2.50. The number of amides is 1. The SMILES string of the molecule is CCC1NC(CC)N(C2CC3CCC2O3)C1=O. The number of fused-ring (bicyclic) bond motifs is 2. The average molecular weight is 238 g/mol. The maximum atomic E-state index is 12.4. The van der Waals surface area contributed by atoms with Gasteiger partial charge in [0.05, 0.1) is 30.5 Å². The number of carbonyl (C=O) groups is 1. The van der Waals surface area contributed by atoms with E-state index in [4.69, 9.17) is 4.74 Å². The molecule has 4 nitrogen and oxygen atoms in total. The molecule has 3 fully saturated rings. The van der Waals surface area contributed by atoms with E-state index in [2.05, 4.69) is 24.1 Å². The minimum Gasteiger partial charge on any atom is -0.373 e. The van der Waals surface area contributed by atoms with Crippen LogP contribution >= 0.6 is 0 Å². The van der Waals surface area contributed by atoms with Crippen molar-refractivity contribution in [1.82, 2.24) is 10.2 Å². The van der Waals surface area contributed by atoms with Crippen LogP contribution < -0.4 is 5.32 Å². The quantitative estimate of drug-likeness (QED) is 0.804. The Hall–Kier alpha value is -0.610. The maximum absolute atomic E-state index is 12.4. The second kappa shape index (κ2) is 4.25. The first kappa shape index (κ1) is 11.5. The molecule has 3 aliphatic rings. The van der Waals surface area contributed by atoms with Crippen LogP contribution in [0.5, 0.6) is 0 Å². The molecule has 0 radical (unpaired) electrons. The van der Waals surface area contributed by atoms with Crippen LogP contribution in [0.1, 0.15) is 46.0 Å². The Morgan fingerprint density at radius 3 is 2.71 bits per heavy atom. The number of ether oxygens (including phenoxy) is 1. The zero-order valence-electron chi connectivity index (χ0n) is 10.7. The molecule has 0 aromatic carbocycles. The van der Waals surface area contributed by atoms with Crippen molar-refractivity contribution in [3.05, 3.63) is 0 Å². The largest absolute Gasteiger partial charge is 0.373 e.